The number of ether oxygens (including phenoxy) is 2. The molecule has 140 valence electrons. The maximum Gasteiger partial charge on any atom is 0.142 e. The van der Waals surface area contributed by atoms with Gasteiger partial charge in [-0.2, -0.15) is 0 Å². The van der Waals surface area contributed by atoms with Crippen molar-refractivity contribution >= 4 is 17.3 Å². The Morgan fingerprint density at radius 1 is 0.963 bits per heavy atom. The number of anilines is 3. The number of nitrogens with one attached hydrogen (secondary N) is 2. The number of methoxy groups -OCH3 is 2. The Kier molecular flexibility index (Phi) is 6.04. The van der Waals surface area contributed by atoms with Gasteiger partial charge in [-0.15, -0.1) is 0 Å². The molecule has 0 radical (unpaired) electrons. The molecule has 27 heavy (non-hydrogen) atoms. The van der Waals surface area contributed by atoms with Crippen LogP contribution in [0.2, 0.25) is 0 Å². The average molecular weight is 368 g/mol. The summed E-state index contributed by atoms with van der Waals surface area (Å²) < 4.78 is 24.3. The van der Waals surface area contributed by atoms with Gasteiger partial charge in [0.15, 0.2) is 0 Å². The third-order valence-corrected chi connectivity index (χ3v) is 3.99. The van der Waals surface area contributed by atoms with Gasteiger partial charge >= 0.3 is 0 Å². The molecule has 1 aromatic heterocycles. The quantitative estimate of drug-likeness (QED) is 0.626. The zero-order valence-electron chi connectivity index (χ0n) is 15.2. The number of hydrogen-bond acceptors (Lipinski definition) is 6. The van der Waals surface area contributed by atoms with Crippen molar-refractivity contribution in [1.29, 1.82) is 0 Å². The summed E-state index contributed by atoms with van der Waals surface area (Å²) in [6.07, 6.45) is 2.02. The van der Waals surface area contributed by atoms with Gasteiger partial charge in [-0.3, -0.25) is 0 Å². The summed E-state index contributed by atoms with van der Waals surface area (Å²) in [7, 11) is 3.20. The number of nitrogens with zero attached hydrogens (tertiary/aromatic N) is 2. The SMILES string of the molecule is COc1ccc(OC)c(Nc2cc(NCCc3ccccc3F)ncn2)c1. The summed E-state index contributed by atoms with van der Waals surface area (Å²) in [5.74, 6) is 2.42. The van der Waals surface area contributed by atoms with Crippen molar-refractivity contribution in [3.63, 3.8) is 0 Å². The van der Waals surface area contributed by atoms with E-state index >= 15 is 0 Å². The molecule has 1 heterocycles. The lowest BCUT2D eigenvalue weighted by atomic mass is 10.1. The first kappa shape index (κ1) is 18.4. The highest BCUT2D eigenvalue weighted by Gasteiger charge is 2.07. The average Bonchev–Trinajstić information content (AvgIpc) is 2.70. The minimum atomic E-state index is -0.200. The predicted octanol–water partition coefficient (Wildman–Crippen LogP) is 4.03. The van der Waals surface area contributed by atoms with Crippen molar-refractivity contribution in [3.8, 4) is 11.5 Å². The molecule has 0 saturated heterocycles. The van der Waals surface area contributed by atoms with E-state index in [1.807, 2.05) is 24.3 Å². The van der Waals surface area contributed by atoms with Crippen LogP contribution in [0, 0.1) is 5.82 Å². The molecule has 6 nitrogen and oxygen atoms in total. The molecule has 3 rings (SSSR count). The van der Waals surface area contributed by atoms with Gasteiger partial charge < -0.3 is 20.1 Å². The number of halogens is 1. The molecule has 3 aromatic rings. The monoisotopic (exact) mass is 368 g/mol. The van der Waals surface area contributed by atoms with Crippen LogP contribution in [0.4, 0.5) is 21.7 Å². The summed E-state index contributed by atoms with van der Waals surface area (Å²) in [6.45, 7) is 0.555. The van der Waals surface area contributed by atoms with E-state index in [-0.39, 0.29) is 5.82 Å². The molecule has 0 aliphatic carbocycles. The largest absolute Gasteiger partial charge is 0.497 e. The second-order valence-electron chi connectivity index (χ2n) is 5.75. The summed E-state index contributed by atoms with van der Waals surface area (Å²) in [5, 5.41) is 6.38. The van der Waals surface area contributed by atoms with Gasteiger partial charge in [0.05, 0.1) is 19.9 Å². The van der Waals surface area contributed by atoms with Crippen LogP contribution in [-0.2, 0) is 6.42 Å². The molecule has 2 N–H and O–H groups in total. The fraction of sp³-hybridized carbons (Fsp3) is 0.200. The summed E-state index contributed by atoms with van der Waals surface area (Å²) in [4.78, 5) is 8.43. The topological polar surface area (TPSA) is 68.3 Å². The van der Waals surface area contributed by atoms with Crippen LogP contribution in [-0.4, -0.2) is 30.7 Å². The molecule has 0 bridgehead atoms. The lowest BCUT2D eigenvalue weighted by Gasteiger charge is -2.13. The molecule has 0 unspecified atom stereocenters. The Bertz CT molecular complexity index is 905. The van der Waals surface area contributed by atoms with Gasteiger partial charge in [-0.05, 0) is 30.2 Å². The Labute approximate surface area is 157 Å². The lowest BCUT2D eigenvalue weighted by molar-refractivity contribution is 0.405. The van der Waals surface area contributed by atoms with E-state index in [2.05, 4.69) is 20.6 Å². The minimum Gasteiger partial charge on any atom is -0.497 e. The molecule has 2 aromatic carbocycles. The van der Waals surface area contributed by atoms with Crippen molar-refractivity contribution in [2.24, 2.45) is 0 Å². The van der Waals surface area contributed by atoms with Crippen molar-refractivity contribution in [2.75, 3.05) is 31.4 Å². The Hall–Kier alpha value is -3.35. The maximum absolute atomic E-state index is 13.7. The van der Waals surface area contributed by atoms with Crippen LogP contribution in [0.3, 0.4) is 0 Å². The number of aromatic nitrogens is 2. The standard InChI is InChI=1S/C20H21FN4O2/c1-26-15-7-8-18(27-2)17(11-15)25-20-12-19(23-13-24-20)22-10-9-14-5-3-4-6-16(14)21/h3-8,11-13H,9-10H2,1-2H3,(H2,22,23,24,25). The highest BCUT2D eigenvalue weighted by atomic mass is 19.1. The van der Waals surface area contributed by atoms with E-state index in [0.29, 0.717) is 41.7 Å². The molecule has 0 aliphatic heterocycles. The van der Waals surface area contributed by atoms with Gasteiger partial charge in [0.1, 0.15) is 35.3 Å². The minimum absolute atomic E-state index is 0.200. The molecule has 0 aliphatic rings. The smallest absolute Gasteiger partial charge is 0.142 e. The van der Waals surface area contributed by atoms with Crippen molar-refractivity contribution in [1.82, 2.24) is 9.97 Å². The second-order valence-corrected chi connectivity index (χ2v) is 5.75. The van der Waals surface area contributed by atoms with Crippen LogP contribution in [0.5, 0.6) is 11.5 Å². The zero-order chi connectivity index (χ0) is 19.1. The summed E-state index contributed by atoms with van der Waals surface area (Å²) >= 11 is 0. The van der Waals surface area contributed by atoms with Gasteiger partial charge in [-0.1, -0.05) is 18.2 Å². The van der Waals surface area contributed by atoms with Crippen LogP contribution in [0.1, 0.15) is 5.56 Å². The van der Waals surface area contributed by atoms with E-state index in [9.17, 15) is 4.39 Å². The lowest BCUT2D eigenvalue weighted by Crippen LogP contribution is -2.08. The molecule has 0 amide bonds. The maximum atomic E-state index is 13.7. The van der Waals surface area contributed by atoms with E-state index < -0.39 is 0 Å². The molecule has 0 saturated carbocycles. The first-order valence-corrected chi connectivity index (χ1v) is 8.48. The normalized spacial score (nSPS) is 10.3. The van der Waals surface area contributed by atoms with E-state index in [1.165, 1.54) is 12.4 Å². The Balaban J connectivity index is 1.66. The van der Waals surface area contributed by atoms with Crippen molar-refractivity contribution in [2.45, 2.75) is 6.42 Å². The highest BCUT2D eigenvalue weighted by molar-refractivity contribution is 5.67. The fourth-order valence-electron chi connectivity index (χ4n) is 2.60. The zero-order valence-corrected chi connectivity index (χ0v) is 15.2. The Morgan fingerprint density at radius 3 is 2.56 bits per heavy atom. The van der Waals surface area contributed by atoms with Gasteiger partial charge in [0, 0.05) is 18.7 Å². The van der Waals surface area contributed by atoms with E-state index in [0.717, 1.165) is 5.69 Å². The van der Waals surface area contributed by atoms with Crippen LogP contribution in [0.25, 0.3) is 0 Å². The first-order chi connectivity index (χ1) is 13.2. The van der Waals surface area contributed by atoms with E-state index in [1.54, 1.807) is 32.4 Å². The van der Waals surface area contributed by atoms with Crippen LogP contribution in [0.15, 0.2) is 54.9 Å². The van der Waals surface area contributed by atoms with Crippen molar-refractivity contribution in [3.05, 3.63) is 66.2 Å². The second kappa shape index (κ2) is 8.84. The molecular formula is C20H21FN4O2. The predicted molar refractivity (Wildman–Crippen MR) is 103 cm³/mol. The van der Waals surface area contributed by atoms with Gasteiger partial charge in [-0.25, -0.2) is 14.4 Å². The third-order valence-electron chi connectivity index (χ3n) is 3.99. The number of hydrogen-bond donors (Lipinski definition) is 2. The summed E-state index contributed by atoms with van der Waals surface area (Å²) in [6, 6.07) is 14.0. The van der Waals surface area contributed by atoms with Gasteiger partial charge in [0.25, 0.3) is 0 Å². The Morgan fingerprint density at radius 2 is 1.78 bits per heavy atom. The van der Waals surface area contributed by atoms with E-state index in [4.69, 9.17) is 9.47 Å². The number of rotatable bonds is 8. The van der Waals surface area contributed by atoms with Crippen LogP contribution < -0.4 is 20.1 Å². The molecular weight excluding hydrogens is 347 g/mol. The number of benzene rings is 2. The first-order valence-electron chi connectivity index (χ1n) is 8.48. The van der Waals surface area contributed by atoms with Crippen molar-refractivity contribution < 1.29 is 13.9 Å². The third kappa shape index (κ3) is 4.84. The molecule has 7 heteroatoms. The molecule has 0 atom stereocenters. The van der Waals surface area contributed by atoms with Gasteiger partial charge in [0.2, 0.25) is 0 Å². The van der Waals surface area contributed by atoms with Crippen LogP contribution >= 0.6 is 0 Å². The summed E-state index contributed by atoms with van der Waals surface area (Å²) in [5.41, 5.74) is 1.39. The molecule has 0 spiro atoms. The molecule has 0 fully saturated rings. The highest BCUT2D eigenvalue weighted by Crippen LogP contribution is 2.31. The fourth-order valence-corrected chi connectivity index (χ4v) is 2.60.